The third-order valence-electron chi connectivity index (χ3n) is 10.9. The second-order valence-corrected chi connectivity index (χ2v) is 16.0. The van der Waals surface area contributed by atoms with Gasteiger partial charge in [0.05, 0.1) is 4.75 Å². The van der Waals surface area contributed by atoms with Crippen molar-refractivity contribution in [1.82, 2.24) is 5.32 Å². The highest BCUT2D eigenvalue weighted by molar-refractivity contribution is 8.00. The largest absolute Gasteiger partial charge is 0.451 e. The Balaban J connectivity index is 1.14. The van der Waals surface area contributed by atoms with E-state index < -0.39 is 29.0 Å². The van der Waals surface area contributed by atoms with Crippen molar-refractivity contribution in [3.8, 4) is 11.1 Å². The van der Waals surface area contributed by atoms with Crippen LogP contribution >= 0.6 is 11.8 Å². The number of fused-ring (bicyclic) bond motifs is 3. The van der Waals surface area contributed by atoms with Gasteiger partial charge in [-0.3, -0.25) is 0 Å². The number of alkyl carbamates (subject to hydrolysis) is 1. The minimum Gasteiger partial charge on any atom is -0.451 e. The topological polar surface area (TPSA) is 64.6 Å². The maximum atomic E-state index is 14.8. The van der Waals surface area contributed by atoms with Crippen molar-refractivity contribution < 1.29 is 19.1 Å². The van der Waals surface area contributed by atoms with Gasteiger partial charge < -0.3 is 14.8 Å². The van der Waals surface area contributed by atoms with Crippen molar-refractivity contribution in [3.63, 3.8) is 0 Å². The van der Waals surface area contributed by atoms with Crippen LogP contribution in [0.2, 0.25) is 0 Å². The minimum atomic E-state index is -1.07. The van der Waals surface area contributed by atoms with E-state index in [0.29, 0.717) is 0 Å². The van der Waals surface area contributed by atoms with Gasteiger partial charge in [0.2, 0.25) is 0 Å². The Kier molecular flexibility index (Phi) is 11.6. The van der Waals surface area contributed by atoms with E-state index in [2.05, 4.69) is 66.0 Å². The molecule has 1 aliphatic rings. The number of amides is 1. The first-order chi connectivity index (χ1) is 28.4. The van der Waals surface area contributed by atoms with Crippen LogP contribution in [0.15, 0.2) is 188 Å². The molecule has 0 saturated carbocycles. The molecule has 0 aliphatic heterocycles. The van der Waals surface area contributed by atoms with Crippen molar-refractivity contribution in [3.05, 3.63) is 238 Å². The molecule has 0 radical (unpaired) electrons. The third-order valence-corrected chi connectivity index (χ3v) is 12.6. The monoisotopic (exact) mass is 779 g/mol. The van der Waals surface area contributed by atoms with Gasteiger partial charge in [0.25, 0.3) is 0 Å². The van der Waals surface area contributed by atoms with Crippen LogP contribution < -0.4 is 5.32 Å². The summed E-state index contributed by atoms with van der Waals surface area (Å²) in [6.07, 6.45) is -1.39. The molecular formula is C52H45NO4S. The first kappa shape index (κ1) is 38.5. The molecule has 1 aliphatic carbocycles. The van der Waals surface area contributed by atoms with Gasteiger partial charge in [0.15, 0.2) is 6.10 Å². The first-order valence-electron chi connectivity index (χ1n) is 19.7. The van der Waals surface area contributed by atoms with E-state index in [9.17, 15) is 9.59 Å². The van der Waals surface area contributed by atoms with Crippen LogP contribution in [0.25, 0.3) is 11.1 Å². The van der Waals surface area contributed by atoms with Gasteiger partial charge in [-0.15, -0.1) is 11.8 Å². The Morgan fingerprint density at radius 2 is 0.983 bits per heavy atom. The zero-order chi connectivity index (χ0) is 39.9. The Labute approximate surface area is 345 Å². The average molecular weight is 780 g/mol. The van der Waals surface area contributed by atoms with Crippen LogP contribution in [-0.2, 0) is 19.0 Å². The van der Waals surface area contributed by atoms with Gasteiger partial charge in [-0.05, 0) is 63.9 Å². The van der Waals surface area contributed by atoms with Crippen molar-refractivity contribution in [2.75, 3.05) is 12.4 Å². The molecule has 0 bridgehead atoms. The molecule has 0 fully saturated rings. The number of esters is 1. The van der Waals surface area contributed by atoms with E-state index in [0.717, 1.165) is 61.2 Å². The fourth-order valence-electron chi connectivity index (χ4n) is 7.94. The number of aryl methyl sites for hydroxylation is 2. The van der Waals surface area contributed by atoms with Gasteiger partial charge in [0, 0.05) is 11.7 Å². The summed E-state index contributed by atoms with van der Waals surface area (Å²) in [6, 6.07) is 62.3. The van der Waals surface area contributed by atoms with Crippen LogP contribution in [0.4, 0.5) is 4.79 Å². The third kappa shape index (κ3) is 8.07. The van der Waals surface area contributed by atoms with E-state index in [1.54, 1.807) is 11.8 Å². The summed E-state index contributed by atoms with van der Waals surface area (Å²) in [4.78, 5) is 28.8. The van der Waals surface area contributed by atoms with Gasteiger partial charge in [-0.25, -0.2) is 9.59 Å². The zero-order valence-corrected chi connectivity index (χ0v) is 33.4. The van der Waals surface area contributed by atoms with E-state index in [-0.39, 0.29) is 18.3 Å². The smallest absolute Gasteiger partial charge is 0.407 e. The van der Waals surface area contributed by atoms with Crippen LogP contribution in [0, 0.1) is 13.8 Å². The molecule has 1 N–H and O–H groups in total. The second kappa shape index (κ2) is 17.4. The number of ether oxygens (including phenoxy) is 2. The molecule has 6 heteroatoms. The predicted octanol–water partition coefficient (Wildman–Crippen LogP) is 11.6. The molecule has 7 aromatic rings. The van der Waals surface area contributed by atoms with Gasteiger partial charge in [-0.2, -0.15) is 0 Å². The molecule has 7 aromatic carbocycles. The summed E-state index contributed by atoms with van der Waals surface area (Å²) in [5.74, 6) is -0.515. The second-order valence-electron chi connectivity index (χ2n) is 14.8. The molecule has 8 rings (SSSR count). The minimum absolute atomic E-state index is 0.117. The van der Waals surface area contributed by atoms with Crippen LogP contribution in [0.5, 0.6) is 0 Å². The molecule has 0 unspecified atom stereocenters. The highest BCUT2D eigenvalue weighted by Crippen LogP contribution is 2.49. The van der Waals surface area contributed by atoms with Gasteiger partial charge in [-0.1, -0.05) is 199 Å². The number of hydrogen-bond acceptors (Lipinski definition) is 5. The summed E-state index contributed by atoms with van der Waals surface area (Å²) < 4.78 is 11.8. The summed E-state index contributed by atoms with van der Waals surface area (Å²) in [7, 11) is 0. The molecule has 1 amide bonds. The van der Waals surface area contributed by atoms with Crippen molar-refractivity contribution >= 4 is 23.8 Å². The van der Waals surface area contributed by atoms with Crippen LogP contribution in [0.3, 0.4) is 0 Å². The summed E-state index contributed by atoms with van der Waals surface area (Å²) in [6.45, 7) is 4.17. The van der Waals surface area contributed by atoms with Crippen LogP contribution in [0.1, 0.15) is 62.1 Å². The normalized spacial score (nSPS) is 12.7. The number of thioether (sulfide) groups is 1. The summed E-state index contributed by atoms with van der Waals surface area (Å²) in [5, 5.41) is 2.99. The lowest BCUT2D eigenvalue weighted by atomic mass is 9.84. The van der Waals surface area contributed by atoms with E-state index in [1.165, 1.54) is 0 Å². The highest BCUT2D eigenvalue weighted by atomic mass is 32.2. The average Bonchev–Trinajstić information content (AvgIpc) is 3.59. The maximum Gasteiger partial charge on any atom is 0.407 e. The number of hydrogen-bond donors (Lipinski definition) is 1. The van der Waals surface area contributed by atoms with E-state index in [1.807, 2.05) is 141 Å². The molecule has 0 spiro atoms. The Morgan fingerprint density at radius 1 is 0.569 bits per heavy atom. The SMILES string of the molecule is Cc1ccc(C(OC(=O)[C@@H](CSC(c2ccccc2)(c2ccccc2)c2ccccc2)NC(=O)OCC2c3ccccc3-c3ccccc32)c2ccc(C)cc2)cc1. The Morgan fingerprint density at radius 3 is 1.43 bits per heavy atom. The first-order valence-corrected chi connectivity index (χ1v) is 20.6. The van der Waals surface area contributed by atoms with E-state index in [4.69, 9.17) is 9.47 Å². The maximum absolute atomic E-state index is 14.8. The molecule has 58 heavy (non-hydrogen) atoms. The molecule has 0 aromatic heterocycles. The highest BCUT2D eigenvalue weighted by Gasteiger charge is 2.40. The predicted molar refractivity (Wildman–Crippen MR) is 234 cm³/mol. The molecule has 0 heterocycles. The lowest BCUT2D eigenvalue weighted by Gasteiger charge is -2.36. The fraction of sp³-hybridized carbons (Fsp3) is 0.154. The lowest BCUT2D eigenvalue weighted by Crippen LogP contribution is -2.45. The molecule has 288 valence electrons. The van der Waals surface area contributed by atoms with Crippen LogP contribution in [-0.4, -0.2) is 30.5 Å². The van der Waals surface area contributed by atoms with Gasteiger partial charge in [0.1, 0.15) is 12.6 Å². The summed E-state index contributed by atoms with van der Waals surface area (Å²) >= 11 is 1.58. The number of carbonyl (C=O) groups is 2. The molecule has 0 saturated heterocycles. The number of rotatable bonds is 13. The molecule has 1 atom stereocenters. The molecular weight excluding hydrogens is 735 g/mol. The standard InChI is InChI=1S/C52H45NO4S/c1-36-26-30-38(31-27-36)49(39-32-28-37(2)29-33-39)57-50(54)48(53-51(55)56-34-47-45-24-14-12-22-43(45)44-23-13-15-25-46(44)47)35-58-52(40-16-6-3-7-17-40,41-18-8-4-9-19-41)42-20-10-5-11-21-42/h3-33,47-49H,34-35H2,1-2H3,(H,53,55)/t48-/m1/s1. The Hall–Kier alpha value is -6.37. The number of benzene rings is 7. The lowest BCUT2D eigenvalue weighted by molar-refractivity contribution is -0.149. The number of carbonyl (C=O) groups excluding carboxylic acids is 2. The van der Waals surface area contributed by atoms with Crippen molar-refractivity contribution in [1.29, 1.82) is 0 Å². The van der Waals surface area contributed by atoms with Crippen molar-refractivity contribution in [2.24, 2.45) is 0 Å². The van der Waals surface area contributed by atoms with Gasteiger partial charge >= 0.3 is 12.1 Å². The Bertz CT molecular complexity index is 2280. The summed E-state index contributed by atoms with van der Waals surface area (Å²) in [5.41, 5.74) is 11.5. The molecule has 5 nitrogen and oxygen atoms in total. The van der Waals surface area contributed by atoms with Crippen molar-refractivity contribution in [2.45, 2.75) is 36.7 Å². The van der Waals surface area contributed by atoms with E-state index >= 15 is 0 Å². The number of nitrogens with one attached hydrogen (secondary N) is 1. The fourth-order valence-corrected chi connectivity index (χ4v) is 9.48. The zero-order valence-electron chi connectivity index (χ0n) is 32.6. The quantitative estimate of drug-likeness (QED) is 0.0933.